The van der Waals surface area contributed by atoms with E-state index in [1.54, 1.807) is 29.3 Å². The second kappa shape index (κ2) is 10.7. The molecule has 2 aliphatic heterocycles. The van der Waals surface area contributed by atoms with Gasteiger partial charge in [0.15, 0.2) is 0 Å². The number of piperidine rings is 1. The van der Waals surface area contributed by atoms with E-state index in [2.05, 4.69) is 22.0 Å². The zero-order chi connectivity index (χ0) is 23.4. The lowest BCUT2D eigenvalue weighted by atomic mass is 9.93. The van der Waals surface area contributed by atoms with Gasteiger partial charge < -0.3 is 9.80 Å². The molecule has 2 aromatic rings. The quantitative estimate of drug-likeness (QED) is 0.643. The van der Waals surface area contributed by atoms with Crippen LogP contribution in [-0.2, 0) is 9.59 Å². The van der Waals surface area contributed by atoms with Crippen LogP contribution in [0.3, 0.4) is 0 Å². The average Bonchev–Trinajstić information content (AvgIpc) is 3.29. The Balaban J connectivity index is 1.32. The van der Waals surface area contributed by atoms with Crippen LogP contribution in [-0.4, -0.2) is 75.6 Å². The monoisotopic (exact) mass is 489 g/mol. The van der Waals surface area contributed by atoms with Crippen molar-refractivity contribution in [2.75, 3.05) is 32.7 Å². The van der Waals surface area contributed by atoms with Gasteiger partial charge in [0.2, 0.25) is 11.8 Å². The molecule has 2 saturated heterocycles. The van der Waals surface area contributed by atoms with Crippen molar-refractivity contribution < 1.29 is 9.59 Å². The predicted octanol–water partition coefficient (Wildman–Crippen LogP) is 4.02. The van der Waals surface area contributed by atoms with Crippen LogP contribution in [0.2, 0.25) is 10.0 Å². The van der Waals surface area contributed by atoms with Crippen LogP contribution < -0.4 is 0 Å². The van der Waals surface area contributed by atoms with E-state index in [4.69, 9.17) is 23.2 Å². The molecule has 0 radical (unpaired) electrons. The fourth-order valence-electron chi connectivity index (χ4n) is 4.62. The lowest BCUT2D eigenvalue weighted by molar-refractivity contribution is -0.136. The lowest BCUT2D eigenvalue weighted by Gasteiger charge is -2.40. The molecule has 3 heterocycles. The number of hydrogen-bond acceptors (Lipinski definition) is 4. The third-order valence-corrected chi connectivity index (χ3v) is 7.41. The Bertz CT molecular complexity index is 1000. The number of likely N-dealkylation sites (tertiary alicyclic amines) is 1. The predicted molar refractivity (Wildman–Crippen MR) is 130 cm³/mol. The van der Waals surface area contributed by atoms with E-state index in [9.17, 15) is 9.59 Å². The number of halogens is 2. The van der Waals surface area contributed by atoms with Crippen molar-refractivity contribution in [1.82, 2.24) is 24.9 Å². The molecule has 1 N–H and O–H groups in total. The number of hydrogen-bond donors (Lipinski definition) is 1. The zero-order valence-electron chi connectivity index (χ0n) is 18.7. The van der Waals surface area contributed by atoms with Crippen LogP contribution >= 0.6 is 23.2 Å². The summed E-state index contributed by atoms with van der Waals surface area (Å²) >= 11 is 12.0. The molecule has 2 fully saturated rings. The van der Waals surface area contributed by atoms with Crippen LogP contribution in [0.1, 0.15) is 43.4 Å². The van der Waals surface area contributed by atoms with Gasteiger partial charge in [-0.05, 0) is 49.6 Å². The van der Waals surface area contributed by atoms with Crippen molar-refractivity contribution in [2.45, 2.75) is 38.3 Å². The number of benzene rings is 1. The first kappa shape index (κ1) is 23.8. The van der Waals surface area contributed by atoms with Crippen molar-refractivity contribution in [1.29, 1.82) is 0 Å². The molecule has 1 unspecified atom stereocenters. The Labute approximate surface area is 204 Å². The van der Waals surface area contributed by atoms with Crippen molar-refractivity contribution in [3.63, 3.8) is 0 Å². The van der Waals surface area contributed by atoms with Crippen molar-refractivity contribution in [3.05, 3.63) is 57.8 Å². The first-order valence-electron chi connectivity index (χ1n) is 11.4. The molecule has 2 amide bonds. The molecular weight excluding hydrogens is 461 g/mol. The number of nitrogens with one attached hydrogen (secondary N) is 1. The Morgan fingerprint density at radius 1 is 1.12 bits per heavy atom. The molecule has 0 bridgehead atoms. The van der Waals surface area contributed by atoms with Crippen LogP contribution in [0.4, 0.5) is 0 Å². The van der Waals surface area contributed by atoms with E-state index in [0.717, 1.165) is 31.5 Å². The zero-order valence-corrected chi connectivity index (χ0v) is 20.2. The summed E-state index contributed by atoms with van der Waals surface area (Å²) in [5, 5.41) is 8.07. The van der Waals surface area contributed by atoms with E-state index in [1.807, 2.05) is 17.0 Å². The smallest absolute Gasteiger partial charge is 0.246 e. The minimum Gasteiger partial charge on any atom is -0.337 e. The van der Waals surface area contributed by atoms with Crippen molar-refractivity contribution in [3.8, 4) is 0 Å². The molecule has 9 heteroatoms. The van der Waals surface area contributed by atoms with E-state index in [0.29, 0.717) is 42.0 Å². The number of nitrogens with zero attached hydrogens (tertiary/aromatic N) is 4. The summed E-state index contributed by atoms with van der Waals surface area (Å²) in [5.41, 5.74) is 1.99. The first-order chi connectivity index (χ1) is 15.9. The Hall–Kier alpha value is -2.35. The molecule has 2 aliphatic rings. The minimum absolute atomic E-state index is 0.0158. The summed E-state index contributed by atoms with van der Waals surface area (Å²) in [5.74, 6) is 0.483. The van der Waals surface area contributed by atoms with Gasteiger partial charge in [0, 0.05) is 63.0 Å². The molecule has 1 aromatic heterocycles. The highest BCUT2D eigenvalue weighted by molar-refractivity contribution is 6.42. The van der Waals surface area contributed by atoms with Crippen molar-refractivity contribution in [2.24, 2.45) is 0 Å². The number of amides is 2. The van der Waals surface area contributed by atoms with Crippen LogP contribution in [0.25, 0.3) is 6.08 Å². The number of carbonyl (C=O) groups excluding carboxylic acids is 2. The fourth-order valence-corrected chi connectivity index (χ4v) is 4.93. The summed E-state index contributed by atoms with van der Waals surface area (Å²) in [6, 6.07) is 7.28. The van der Waals surface area contributed by atoms with Gasteiger partial charge in [-0.3, -0.25) is 19.6 Å². The van der Waals surface area contributed by atoms with E-state index in [-0.39, 0.29) is 18.0 Å². The van der Waals surface area contributed by atoms with E-state index in [1.165, 1.54) is 11.8 Å². The molecular formula is C24H29Cl2N5O2. The summed E-state index contributed by atoms with van der Waals surface area (Å²) in [6.45, 7) is 5.44. The summed E-state index contributed by atoms with van der Waals surface area (Å²) in [4.78, 5) is 31.6. The normalized spacial score (nSPS) is 19.8. The maximum atomic E-state index is 12.9. The number of aromatic amines is 1. The Morgan fingerprint density at radius 3 is 2.61 bits per heavy atom. The van der Waals surface area contributed by atoms with Crippen LogP contribution in [0, 0.1) is 0 Å². The highest BCUT2D eigenvalue weighted by atomic mass is 35.5. The molecule has 0 spiro atoms. The Morgan fingerprint density at radius 2 is 1.91 bits per heavy atom. The number of carbonyl (C=O) groups is 2. The average molecular weight is 490 g/mol. The fraction of sp³-hybridized carbons (Fsp3) is 0.458. The molecule has 1 aromatic carbocycles. The molecule has 33 heavy (non-hydrogen) atoms. The van der Waals surface area contributed by atoms with Crippen molar-refractivity contribution >= 4 is 41.1 Å². The minimum atomic E-state index is -0.108. The number of rotatable bonds is 5. The number of aromatic nitrogens is 2. The van der Waals surface area contributed by atoms with Gasteiger partial charge in [-0.25, -0.2) is 0 Å². The van der Waals surface area contributed by atoms with Gasteiger partial charge in [-0.15, -0.1) is 0 Å². The van der Waals surface area contributed by atoms with Gasteiger partial charge in [0.05, 0.1) is 16.2 Å². The van der Waals surface area contributed by atoms with E-state index >= 15 is 0 Å². The lowest BCUT2D eigenvalue weighted by Crippen LogP contribution is -2.52. The molecule has 7 nitrogen and oxygen atoms in total. The van der Waals surface area contributed by atoms with Gasteiger partial charge in [0.1, 0.15) is 0 Å². The SMILES string of the molecule is CC(N1CCC(c2ccn[nH]2)CC1)N1CCN(C(=O)/C=C/c2ccc(Cl)c(Cl)c2)CCC1=O. The summed E-state index contributed by atoms with van der Waals surface area (Å²) in [6.07, 6.45) is 7.48. The maximum Gasteiger partial charge on any atom is 0.246 e. The van der Waals surface area contributed by atoms with Gasteiger partial charge in [-0.2, -0.15) is 5.10 Å². The van der Waals surface area contributed by atoms with Gasteiger partial charge in [0.25, 0.3) is 0 Å². The largest absolute Gasteiger partial charge is 0.337 e. The second-order valence-corrected chi connectivity index (χ2v) is 9.44. The summed E-state index contributed by atoms with van der Waals surface area (Å²) in [7, 11) is 0. The molecule has 0 aliphatic carbocycles. The maximum absolute atomic E-state index is 12.9. The molecule has 4 rings (SSSR count). The first-order valence-corrected chi connectivity index (χ1v) is 12.1. The second-order valence-electron chi connectivity index (χ2n) is 8.62. The number of H-pyrrole nitrogens is 1. The third kappa shape index (κ3) is 5.78. The third-order valence-electron chi connectivity index (χ3n) is 6.67. The molecule has 176 valence electrons. The Kier molecular flexibility index (Phi) is 7.73. The standard InChI is InChI=1S/C24H29Cl2N5O2/c1-17(29-11-7-19(8-12-29)22-6-10-27-28-22)31-15-14-30(13-9-24(31)33)23(32)5-3-18-2-4-20(25)21(26)16-18/h2-6,10,16-17,19H,7-9,11-15H2,1H3,(H,27,28)/b5-3+. The van der Waals surface area contributed by atoms with Gasteiger partial charge in [-0.1, -0.05) is 29.3 Å². The highest BCUT2D eigenvalue weighted by Crippen LogP contribution is 2.28. The van der Waals surface area contributed by atoms with E-state index < -0.39 is 0 Å². The molecule has 0 saturated carbocycles. The summed E-state index contributed by atoms with van der Waals surface area (Å²) < 4.78 is 0. The molecule has 1 atom stereocenters. The van der Waals surface area contributed by atoms with Crippen LogP contribution in [0.15, 0.2) is 36.5 Å². The highest BCUT2D eigenvalue weighted by Gasteiger charge is 2.31. The van der Waals surface area contributed by atoms with Gasteiger partial charge >= 0.3 is 0 Å². The van der Waals surface area contributed by atoms with Crippen LogP contribution in [0.5, 0.6) is 0 Å². The topological polar surface area (TPSA) is 72.5 Å².